The molecule has 0 spiro atoms. The lowest BCUT2D eigenvalue weighted by Gasteiger charge is -2.38. The molecule has 36 heavy (non-hydrogen) atoms. The molecule has 1 heterocycles. The first-order valence-corrected chi connectivity index (χ1v) is 11.9. The van der Waals surface area contributed by atoms with Crippen LogP contribution in [0.4, 0.5) is 22.4 Å². The van der Waals surface area contributed by atoms with E-state index in [2.05, 4.69) is 19.2 Å². The van der Waals surface area contributed by atoms with Crippen LogP contribution in [0.3, 0.4) is 0 Å². The standard InChI is InChI=1S/C26H31F4N3O3/c1-18(2)17-36-23-9-5-19(6-10-23)15-31-25(35)33(16-20-3-7-21(27)8-4-20)22-11-13-32(14-12-22)24(34)26(28,29)30/h3-10,18,22H,11-17H2,1-2H3,(H,31,35). The molecule has 1 fully saturated rings. The number of likely N-dealkylation sites (tertiary alicyclic amines) is 1. The zero-order valence-corrected chi connectivity index (χ0v) is 20.4. The van der Waals surface area contributed by atoms with E-state index in [0.717, 1.165) is 16.2 Å². The van der Waals surface area contributed by atoms with Gasteiger partial charge < -0.3 is 19.9 Å². The number of hydrogen-bond acceptors (Lipinski definition) is 3. The van der Waals surface area contributed by atoms with Crippen molar-refractivity contribution >= 4 is 11.9 Å². The van der Waals surface area contributed by atoms with E-state index >= 15 is 0 Å². The van der Waals surface area contributed by atoms with Crippen LogP contribution in [-0.4, -0.2) is 53.7 Å². The summed E-state index contributed by atoms with van der Waals surface area (Å²) in [7, 11) is 0. The number of carbonyl (C=O) groups is 2. The summed E-state index contributed by atoms with van der Waals surface area (Å²) in [6, 6.07) is 12.3. The van der Waals surface area contributed by atoms with Crippen molar-refractivity contribution in [1.82, 2.24) is 15.1 Å². The van der Waals surface area contributed by atoms with Gasteiger partial charge in [0.05, 0.1) is 6.61 Å². The smallest absolute Gasteiger partial charge is 0.471 e. The van der Waals surface area contributed by atoms with Gasteiger partial charge in [-0.25, -0.2) is 9.18 Å². The van der Waals surface area contributed by atoms with Gasteiger partial charge in [0.25, 0.3) is 0 Å². The first kappa shape index (κ1) is 27.3. The molecule has 1 aliphatic rings. The third kappa shape index (κ3) is 7.86. The number of benzene rings is 2. The Balaban J connectivity index is 1.64. The van der Waals surface area contributed by atoms with Crippen molar-refractivity contribution in [3.63, 3.8) is 0 Å². The molecule has 3 rings (SSSR count). The molecular weight excluding hydrogens is 478 g/mol. The number of amides is 3. The fourth-order valence-corrected chi connectivity index (χ4v) is 3.96. The Morgan fingerprint density at radius 1 is 1.03 bits per heavy atom. The molecule has 3 amide bonds. The van der Waals surface area contributed by atoms with E-state index in [-0.39, 0.29) is 51.1 Å². The minimum absolute atomic E-state index is 0.103. The zero-order valence-electron chi connectivity index (χ0n) is 20.4. The predicted molar refractivity (Wildman–Crippen MR) is 127 cm³/mol. The van der Waals surface area contributed by atoms with Crippen molar-refractivity contribution < 1.29 is 31.9 Å². The monoisotopic (exact) mass is 509 g/mol. The summed E-state index contributed by atoms with van der Waals surface area (Å²) in [5, 5.41) is 2.87. The Hall–Kier alpha value is -3.30. The van der Waals surface area contributed by atoms with Gasteiger partial charge in [0.15, 0.2) is 0 Å². The maximum atomic E-state index is 13.3. The molecule has 0 bridgehead atoms. The Labute approximate surface area is 208 Å². The van der Waals surface area contributed by atoms with E-state index in [9.17, 15) is 27.2 Å². The maximum absolute atomic E-state index is 13.3. The highest BCUT2D eigenvalue weighted by atomic mass is 19.4. The van der Waals surface area contributed by atoms with Crippen molar-refractivity contribution in [2.24, 2.45) is 5.92 Å². The molecule has 0 atom stereocenters. The van der Waals surface area contributed by atoms with Crippen LogP contribution in [0.1, 0.15) is 37.8 Å². The lowest BCUT2D eigenvalue weighted by atomic mass is 10.0. The predicted octanol–water partition coefficient (Wildman–Crippen LogP) is 5.13. The molecular formula is C26H31F4N3O3. The van der Waals surface area contributed by atoms with Crippen LogP contribution in [0.2, 0.25) is 0 Å². The first-order valence-electron chi connectivity index (χ1n) is 11.9. The van der Waals surface area contributed by atoms with Gasteiger partial charge in [-0.2, -0.15) is 13.2 Å². The van der Waals surface area contributed by atoms with Crippen LogP contribution in [0.5, 0.6) is 5.75 Å². The molecule has 0 saturated carbocycles. The molecule has 1 aliphatic heterocycles. The number of halogens is 4. The van der Waals surface area contributed by atoms with Crippen LogP contribution >= 0.6 is 0 Å². The van der Waals surface area contributed by atoms with Crippen molar-refractivity contribution in [2.75, 3.05) is 19.7 Å². The average Bonchev–Trinajstić information content (AvgIpc) is 2.85. The van der Waals surface area contributed by atoms with E-state index < -0.39 is 17.9 Å². The topological polar surface area (TPSA) is 61.9 Å². The van der Waals surface area contributed by atoms with E-state index in [1.807, 2.05) is 24.3 Å². The van der Waals surface area contributed by atoms with Crippen LogP contribution in [-0.2, 0) is 17.9 Å². The van der Waals surface area contributed by atoms with Crippen molar-refractivity contribution in [3.8, 4) is 5.75 Å². The van der Waals surface area contributed by atoms with Crippen molar-refractivity contribution in [2.45, 2.75) is 52.0 Å². The molecule has 0 unspecified atom stereocenters. The fraction of sp³-hybridized carbons (Fsp3) is 0.462. The van der Waals surface area contributed by atoms with E-state index in [1.54, 1.807) is 17.0 Å². The normalized spacial score (nSPS) is 14.6. The first-order chi connectivity index (χ1) is 17.0. The van der Waals surface area contributed by atoms with Gasteiger partial charge in [-0.05, 0) is 54.2 Å². The summed E-state index contributed by atoms with van der Waals surface area (Å²) in [4.78, 5) is 27.1. The Morgan fingerprint density at radius 3 is 2.17 bits per heavy atom. The van der Waals surface area contributed by atoms with Gasteiger partial charge in [-0.1, -0.05) is 38.1 Å². The molecule has 2 aromatic rings. The number of urea groups is 1. The number of carbonyl (C=O) groups excluding carboxylic acids is 2. The van der Waals surface area contributed by atoms with Crippen LogP contribution < -0.4 is 10.1 Å². The fourth-order valence-electron chi connectivity index (χ4n) is 3.96. The molecule has 1 N–H and O–H groups in total. The van der Waals surface area contributed by atoms with Crippen LogP contribution in [0, 0.1) is 11.7 Å². The second kappa shape index (κ2) is 12.1. The number of hydrogen-bond donors (Lipinski definition) is 1. The van der Waals surface area contributed by atoms with E-state index in [1.165, 1.54) is 12.1 Å². The molecule has 1 saturated heterocycles. The lowest BCUT2D eigenvalue weighted by Crippen LogP contribution is -2.52. The Bertz CT molecular complexity index is 1000. The van der Waals surface area contributed by atoms with E-state index in [4.69, 9.17) is 4.74 Å². The molecule has 0 aromatic heterocycles. The average molecular weight is 510 g/mol. The van der Waals surface area contributed by atoms with E-state index in [0.29, 0.717) is 18.1 Å². The number of piperidine rings is 1. The van der Waals surface area contributed by atoms with Gasteiger partial charge in [-0.15, -0.1) is 0 Å². The second-order valence-electron chi connectivity index (χ2n) is 9.28. The quantitative estimate of drug-likeness (QED) is 0.502. The summed E-state index contributed by atoms with van der Waals surface area (Å²) in [6.07, 6.45) is -4.51. The lowest BCUT2D eigenvalue weighted by molar-refractivity contribution is -0.186. The third-order valence-electron chi connectivity index (χ3n) is 5.91. The number of alkyl halides is 3. The summed E-state index contributed by atoms with van der Waals surface area (Å²) >= 11 is 0. The maximum Gasteiger partial charge on any atom is 0.471 e. The van der Waals surface area contributed by atoms with Gasteiger partial charge in [-0.3, -0.25) is 4.79 Å². The van der Waals surface area contributed by atoms with Crippen LogP contribution in [0.25, 0.3) is 0 Å². The number of nitrogens with one attached hydrogen (secondary N) is 1. The SMILES string of the molecule is CC(C)COc1ccc(CNC(=O)N(Cc2ccc(F)cc2)C2CCN(C(=O)C(F)(F)F)CC2)cc1. The summed E-state index contributed by atoms with van der Waals surface area (Å²) in [5.74, 6) is -1.14. The molecule has 0 radical (unpaired) electrons. The van der Waals surface area contributed by atoms with Crippen LogP contribution in [0.15, 0.2) is 48.5 Å². The summed E-state index contributed by atoms with van der Waals surface area (Å²) in [5.41, 5.74) is 1.54. The highest BCUT2D eigenvalue weighted by molar-refractivity contribution is 5.82. The largest absolute Gasteiger partial charge is 0.493 e. The highest BCUT2D eigenvalue weighted by Crippen LogP contribution is 2.25. The Morgan fingerprint density at radius 2 is 1.61 bits per heavy atom. The van der Waals surface area contributed by atoms with Crippen molar-refractivity contribution in [3.05, 3.63) is 65.5 Å². The highest BCUT2D eigenvalue weighted by Gasteiger charge is 2.43. The van der Waals surface area contributed by atoms with Gasteiger partial charge in [0, 0.05) is 32.2 Å². The Kier molecular flexibility index (Phi) is 9.17. The van der Waals surface area contributed by atoms with Gasteiger partial charge >= 0.3 is 18.1 Å². The number of nitrogens with zero attached hydrogens (tertiary/aromatic N) is 2. The summed E-state index contributed by atoms with van der Waals surface area (Å²) < 4.78 is 57.4. The minimum Gasteiger partial charge on any atom is -0.493 e. The molecule has 0 aliphatic carbocycles. The molecule has 196 valence electrons. The molecule has 2 aromatic carbocycles. The zero-order chi connectivity index (χ0) is 26.3. The second-order valence-corrected chi connectivity index (χ2v) is 9.28. The number of ether oxygens (including phenoxy) is 1. The third-order valence-corrected chi connectivity index (χ3v) is 5.91. The summed E-state index contributed by atoms with van der Waals surface area (Å²) in [6.45, 7) is 4.91. The molecule has 6 nitrogen and oxygen atoms in total. The van der Waals surface area contributed by atoms with Crippen molar-refractivity contribution in [1.29, 1.82) is 0 Å². The van der Waals surface area contributed by atoms with Gasteiger partial charge in [0.2, 0.25) is 0 Å². The minimum atomic E-state index is -4.92. The number of rotatable bonds is 8. The van der Waals surface area contributed by atoms with Gasteiger partial charge in [0.1, 0.15) is 11.6 Å². The molecule has 10 heteroatoms.